The van der Waals surface area contributed by atoms with E-state index >= 15 is 0 Å². The van der Waals surface area contributed by atoms with Crippen LogP contribution >= 0.6 is 0 Å². The molecule has 3 aromatic carbocycles. The number of halogens is 1. The molecule has 0 aliphatic rings. The molecule has 3 aromatic rings. The zero-order chi connectivity index (χ0) is 18.5. The van der Waals surface area contributed by atoms with Gasteiger partial charge in [-0.2, -0.15) is 0 Å². The Hall–Kier alpha value is -2.65. The van der Waals surface area contributed by atoms with Gasteiger partial charge in [0.05, 0.1) is 6.10 Å². The van der Waals surface area contributed by atoms with Crippen molar-refractivity contribution in [1.82, 2.24) is 0 Å². The van der Waals surface area contributed by atoms with Gasteiger partial charge in [0.2, 0.25) is 0 Å². The van der Waals surface area contributed by atoms with Crippen LogP contribution in [-0.4, -0.2) is 5.11 Å². The molecule has 134 valence electrons. The average Bonchev–Trinajstić information content (AvgIpc) is 2.62. The molecular weight excluding hydrogens is 327 g/mol. The Kier molecular flexibility index (Phi) is 5.69. The van der Waals surface area contributed by atoms with Gasteiger partial charge in [-0.05, 0) is 48.2 Å². The molecule has 0 saturated heterocycles. The third-order valence-electron chi connectivity index (χ3n) is 4.39. The second-order valence-electron chi connectivity index (χ2n) is 6.62. The molecule has 2 nitrogen and oxygen atoms in total. The summed E-state index contributed by atoms with van der Waals surface area (Å²) in [5, 5.41) is 10.6. The maximum absolute atomic E-state index is 13.1. The van der Waals surface area contributed by atoms with Crippen LogP contribution in [0.3, 0.4) is 0 Å². The molecule has 0 saturated carbocycles. The molecule has 0 aliphatic carbocycles. The fraction of sp³-hybridized carbons (Fsp3) is 0.217. The van der Waals surface area contributed by atoms with Crippen LogP contribution in [0.1, 0.15) is 33.9 Å². The van der Waals surface area contributed by atoms with Crippen molar-refractivity contribution in [2.45, 2.75) is 33.0 Å². The maximum Gasteiger partial charge on any atom is 0.126 e. The zero-order valence-electron chi connectivity index (χ0n) is 15.1. The van der Waals surface area contributed by atoms with Gasteiger partial charge in [0, 0.05) is 6.42 Å². The minimum absolute atomic E-state index is 0.306. The van der Waals surface area contributed by atoms with Gasteiger partial charge in [0.25, 0.3) is 0 Å². The highest BCUT2D eigenvalue weighted by Crippen LogP contribution is 2.30. The predicted molar refractivity (Wildman–Crippen MR) is 102 cm³/mol. The normalized spacial score (nSPS) is 12.0. The van der Waals surface area contributed by atoms with Crippen molar-refractivity contribution in [3.05, 3.63) is 100 Å². The first-order valence-corrected chi connectivity index (χ1v) is 8.73. The lowest BCUT2D eigenvalue weighted by Gasteiger charge is -2.18. The Balaban J connectivity index is 1.82. The van der Waals surface area contributed by atoms with E-state index in [2.05, 4.69) is 6.07 Å². The molecule has 0 bridgehead atoms. The maximum atomic E-state index is 13.1. The summed E-state index contributed by atoms with van der Waals surface area (Å²) in [6.45, 7) is 4.52. The summed E-state index contributed by atoms with van der Waals surface area (Å²) in [6, 6.07) is 20.1. The van der Waals surface area contributed by atoms with Gasteiger partial charge < -0.3 is 9.84 Å². The highest BCUT2D eigenvalue weighted by atomic mass is 19.1. The van der Waals surface area contributed by atoms with E-state index in [4.69, 9.17) is 4.74 Å². The predicted octanol–water partition coefficient (Wildman–Crippen LogP) is 5.30. The third-order valence-corrected chi connectivity index (χ3v) is 4.39. The average molecular weight is 350 g/mol. The van der Waals surface area contributed by atoms with Crippen LogP contribution in [0.15, 0.2) is 66.7 Å². The number of hydrogen-bond donors (Lipinski definition) is 1. The lowest BCUT2D eigenvalue weighted by atomic mass is 9.97. The van der Waals surface area contributed by atoms with Crippen molar-refractivity contribution >= 4 is 0 Å². The smallest absolute Gasteiger partial charge is 0.126 e. The van der Waals surface area contributed by atoms with Gasteiger partial charge >= 0.3 is 0 Å². The van der Waals surface area contributed by atoms with E-state index in [0.717, 1.165) is 28.0 Å². The van der Waals surface area contributed by atoms with Gasteiger partial charge in [0.15, 0.2) is 0 Å². The summed E-state index contributed by atoms with van der Waals surface area (Å²) < 4.78 is 19.2. The Labute approximate surface area is 153 Å². The van der Waals surface area contributed by atoms with E-state index in [9.17, 15) is 9.50 Å². The molecule has 3 rings (SSSR count). The van der Waals surface area contributed by atoms with Gasteiger partial charge in [0.1, 0.15) is 18.2 Å². The minimum atomic E-state index is -0.712. The molecule has 1 unspecified atom stereocenters. The van der Waals surface area contributed by atoms with Crippen LogP contribution < -0.4 is 4.74 Å². The van der Waals surface area contributed by atoms with E-state index in [1.807, 2.05) is 50.2 Å². The zero-order valence-corrected chi connectivity index (χ0v) is 15.1. The monoisotopic (exact) mass is 350 g/mol. The molecule has 1 atom stereocenters. The second kappa shape index (κ2) is 8.15. The SMILES string of the molecule is Cc1cc(C)c(OCc2ccccc2)c(CC(O)c2ccc(F)cc2)c1. The summed E-state index contributed by atoms with van der Waals surface area (Å²) in [5.74, 6) is 0.500. The van der Waals surface area contributed by atoms with E-state index < -0.39 is 6.10 Å². The molecule has 0 fully saturated rings. The first kappa shape index (κ1) is 18.2. The van der Waals surface area contributed by atoms with Crippen LogP contribution in [-0.2, 0) is 13.0 Å². The summed E-state index contributed by atoms with van der Waals surface area (Å²) in [5.41, 5.74) is 4.91. The first-order chi connectivity index (χ1) is 12.5. The van der Waals surface area contributed by atoms with Gasteiger partial charge in [-0.25, -0.2) is 4.39 Å². The van der Waals surface area contributed by atoms with Gasteiger partial charge in [-0.15, -0.1) is 0 Å². The number of rotatable bonds is 6. The Morgan fingerprint density at radius 2 is 1.65 bits per heavy atom. The Morgan fingerprint density at radius 1 is 0.962 bits per heavy atom. The quantitative estimate of drug-likeness (QED) is 0.654. The van der Waals surface area contributed by atoms with Crippen LogP contribution in [0.25, 0.3) is 0 Å². The molecule has 1 N–H and O–H groups in total. The van der Waals surface area contributed by atoms with Crippen molar-refractivity contribution in [3.63, 3.8) is 0 Å². The van der Waals surface area contributed by atoms with Crippen LogP contribution in [0, 0.1) is 19.7 Å². The lowest BCUT2D eigenvalue weighted by molar-refractivity contribution is 0.176. The summed E-state index contributed by atoms with van der Waals surface area (Å²) in [6.07, 6.45) is -0.297. The molecule has 0 aliphatic heterocycles. The summed E-state index contributed by atoms with van der Waals surface area (Å²) in [7, 11) is 0. The molecule has 0 amide bonds. The van der Waals surface area contributed by atoms with Crippen LogP contribution in [0.5, 0.6) is 5.75 Å². The van der Waals surface area contributed by atoms with Crippen LogP contribution in [0.2, 0.25) is 0 Å². The van der Waals surface area contributed by atoms with E-state index in [1.165, 1.54) is 12.1 Å². The minimum Gasteiger partial charge on any atom is -0.488 e. The molecule has 0 heterocycles. The van der Waals surface area contributed by atoms with Gasteiger partial charge in [-0.1, -0.05) is 60.2 Å². The van der Waals surface area contributed by atoms with Crippen molar-refractivity contribution in [2.75, 3.05) is 0 Å². The van der Waals surface area contributed by atoms with Gasteiger partial charge in [-0.3, -0.25) is 0 Å². The molecule has 0 spiro atoms. The lowest BCUT2D eigenvalue weighted by Crippen LogP contribution is -2.06. The Bertz CT molecular complexity index is 857. The van der Waals surface area contributed by atoms with E-state index in [-0.39, 0.29) is 5.82 Å². The first-order valence-electron chi connectivity index (χ1n) is 8.73. The Morgan fingerprint density at radius 3 is 2.35 bits per heavy atom. The summed E-state index contributed by atoms with van der Waals surface area (Å²) >= 11 is 0. The second-order valence-corrected chi connectivity index (χ2v) is 6.62. The molecule has 26 heavy (non-hydrogen) atoms. The standard InChI is InChI=1S/C23H23FO2/c1-16-12-17(2)23(26-15-18-6-4-3-5-7-18)20(13-16)14-22(25)19-8-10-21(24)11-9-19/h3-13,22,25H,14-15H2,1-2H3. The van der Waals surface area contributed by atoms with Crippen molar-refractivity contribution in [2.24, 2.45) is 0 Å². The number of hydrogen-bond acceptors (Lipinski definition) is 2. The molecule has 0 aromatic heterocycles. The molecular formula is C23H23FO2. The number of aryl methyl sites for hydroxylation is 2. The van der Waals surface area contributed by atoms with Crippen molar-refractivity contribution in [3.8, 4) is 5.75 Å². The number of aliphatic hydroxyl groups is 1. The topological polar surface area (TPSA) is 29.5 Å². The highest BCUT2D eigenvalue weighted by Gasteiger charge is 2.15. The summed E-state index contributed by atoms with van der Waals surface area (Å²) in [4.78, 5) is 0. The fourth-order valence-electron chi connectivity index (χ4n) is 3.14. The number of aliphatic hydroxyl groups excluding tert-OH is 1. The number of ether oxygens (including phenoxy) is 1. The van der Waals surface area contributed by atoms with Crippen molar-refractivity contribution < 1.29 is 14.2 Å². The number of benzene rings is 3. The van der Waals surface area contributed by atoms with E-state index in [0.29, 0.717) is 18.6 Å². The van der Waals surface area contributed by atoms with Crippen LogP contribution in [0.4, 0.5) is 4.39 Å². The fourth-order valence-corrected chi connectivity index (χ4v) is 3.14. The highest BCUT2D eigenvalue weighted by molar-refractivity contribution is 5.45. The third kappa shape index (κ3) is 4.50. The largest absolute Gasteiger partial charge is 0.488 e. The van der Waals surface area contributed by atoms with E-state index in [1.54, 1.807) is 12.1 Å². The molecule has 3 heteroatoms. The van der Waals surface area contributed by atoms with Crippen molar-refractivity contribution in [1.29, 1.82) is 0 Å². The molecule has 0 radical (unpaired) electrons.